The first kappa shape index (κ1) is 38.7. The summed E-state index contributed by atoms with van der Waals surface area (Å²) in [5, 5.41) is 8.66. The number of ether oxygens (including phenoxy) is 1. The molecule has 0 aromatic rings. The van der Waals surface area contributed by atoms with E-state index in [-0.39, 0.29) is 12.1 Å². The van der Waals surface area contributed by atoms with Crippen molar-refractivity contribution in [1.82, 2.24) is 0 Å². The molecular formula is C36H68O4. The van der Waals surface area contributed by atoms with Gasteiger partial charge in [0.15, 0.2) is 0 Å². The zero-order valence-corrected chi connectivity index (χ0v) is 26.9. The molecule has 0 heterocycles. The largest absolute Gasteiger partial charge is 0.481 e. The number of rotatable bonds is 32. The van der Waals surface area contributed by atoms with E-state index >= 15 is 0 Å². The normalized spacial score (nSPS) is 12.2. The third-order valence-corrected chi connectivity index (χ3v) is 7.97. The highest BCUT2D eigenvalue weighted by Crippen LogP contribution is 2.17. The van der Waals surface area contributed by atoms with Gasteiger partial charge in [-0.05, 0) is 57.8 Å². The first-order valence-electron chi connectivity index (χ1n) is 17.7. The number of carboxylic acid groups (broad SMARTS) is 1. The minimum absolute atomic E-state index is 0.00842. The number of carbonyl (C=O) groups is 2. The van der Waals surface area contributed by atoms with Crippen LogP contribution in [0.15, 0.2) is 12.2 Å². The number of aliphatic carboxylic acids is 1. The minimum Gasteiger partial charge on any atom is -0.481 e. The molecule has 4 heteroatoms. The van der Waals surface area contributed by atoms with Crippen LogP contribution in [0, 0.1) is 0 Å². The summed E-state index contributed by atoms with van der Waals surface area (Å²) in [6.45, 7) is 4.45. The molecule has 4 nitrogen and oxygen atoms in total. The van der Waals surface area contributed by atoms with E-state index in [1.165, 1.54) is 116 Å². The second kappa shape index (κ2) is 32.2. The Morgan fingerprint density at radius 3 is 1.43 bits per heavy atom. The Kier molecular flexibility index (Phi) is 31.1. The van der Waals surface area contributed by atoms with Crippen LogP contribution in [-0.2, 0) is 14.3 Å². The summed E-state index contributed by atoms with van der Waals surface area (Å²) in [6, 6.07) is 0. The van der Waals surface area contributed by atoms with E-state index in [4.69, 9.17) is 9.84 Å². The number of allylic oxidation sites excluding steroid dienone is 2. The molecule has 1 atom stereocenters. The molecule has 0 rings (SSSR count). The van der Waals surface area contributed by atoms with Crippen molar-refractivity contribution < 1.29 is 19.4 Å². The smallest absolute Gasteiger partial charge is 0.306 e. The number of esters is 1. The van der Waals surface area contributed by atoms with Crippen LogP contribution in [0.3, 0.4) is 0 Å². The Morgan fingerprint density at radius 1 is 0.525 bits per heavy atom. The molecule has 1 unspecified atom stereocenters. The number of carboxylic acids is 1. The summed E-state index contributed by atoms with van der Waals surface area (Å²) in [4.78, 5) is 22.9. The van der Waals surface area contributed by atoms with Crippen LogP contribution in [0.2, 0.25) is 0 Å². The molecule has 40 heavy (non-hydrogen) atoms. The fraction of sp³-hybridized carbons (Fsp3) is 0.889. The Morgan fingerprint density at radius 2 is 0.950 bits per heavy atom. The number of hydrogen-bond acceptors (Lipinski definition) is 3. The van der Waals surface area contributed by atoms with Gasteiger partial charge in [0.25, 0.3) is 0 Å². The SMILES string of the molecule is CCCCCCCC/C=C\CCCCCCCCCC(=O)OC(CCC)CCCCCCCCCCCC(=O)O. The van der Waals surface area contributed by atoms with Crippen LogP contribution in [0.1, 0.15) is 200 Å². The molecule has 1 N–H and O–H groups in total. The van der Waals surface area contributed by atoms with Gasteiger partial charge >= 0.3 is 11.9 Å². The summed E-state index contributed by atoms with van der Waals surface area (Å²) in [5.41, 5.74) is 0. The predicted octanol–water partition coefficient (Wildman–Crippen LogP) is 11.9. The maximum Gasteiger partial charge on any atom is 0.306 e. The van der Waals surface area contributed by atoms with Crippen LogP contribution >= 0.6 is 0 Å². The second-order valence-corrected chi connectivity index (χ2v) is 12.1. The van der Waals surface area contributed by atoms with Crippen molar-refractivity contribution in [2.45, 2.75) is 206 Å². The Labute approximate surface area is 249 Å². The lowest BCUT2D eigenvalue weighted by atomic mass is 10.0. The predicted molar refractivity (Wildman–Crippen MR) is 172 cm³/mol. The molecular weight excluding hydrogens is 496 g/mol. The lowest BCUT2D eigenvalue weighted by Gasteiger charge is -2.17. The zero-order valence-electron chi connectivity index (χ0n) is 26.9. The molecule has 0 saturated carbocycles. The van der Waals surface area contributed by atoms with E-state index in [0.29, 0.717) is 12.8 Å². The maximum absolute atomic E-state index is 12.3. The molecule has 0 amide bonds. The van der Waals surface area contributed by atoms with E-state index in [2.05, 4.69) is 26.0 Å². The van der Waals surface area contributed by atoms with Crippen molar-refractivity contribution in [3.63, 3.8) is 0 Å². The molecule has 0 aliphatic carbocycles. The molecule has 0 bridgehead atoms. The van der Waals surface area contributed by atoms with Crippen LogP contribution in [0.5, 0.6) is 0 Å². The number of carbonyl (C=O) groups excluding carboxylic acids is 1. The number of hydrogen-bond donors (Lipinski definition) is 1. The van der Waals surface area contributed by atoms with Gasteiger partial charge in [-0.15, -0.1) is 0 Å². The van der Waals surface area contributed by atoms with Crippen molar-refractivity contribution in [3.05, 3.63) is 12.2 Å². The van der Waals surface area contributed by atoms with Gasteiger partial charge in [-0.1, -0.05) is 142 Å². The van der Waals surface area contributed by atoms with Crippen molar-refractivity contribution in [3.8, 4) is 0 Å². The number of unbranched alkanes of at least 4 members (excludes halogenated alkanes) is 21. The molecule has 236 valence electrons. The highest BCUT2D eigenvalue weighted by atomic mass is 16.5. The monoisotopic (exact) mass is 565 g/mol. The third-order valence-electron chi connectivity index (χ3n) is 7.97. The molecule has 0 aliphatic rings. The summed E-state index contributed by atoms with van der Waals surface area (Å²) >= 11 is 0. The lowest BCUT2D eigenvalue weighted by Crippen LogP contribution is -2.18. The molecule has 0 aromatic heterocycles. The lowest BCUT2D eigenvalue weighted by molar-refractivity contribution is -0.150. The molecule has 0 spiro atoms. The fourth-order valence-electron chi connectivity index (χ4n) is 5.41. The topological polar surface area (TPSA) is 63.6 Å². The minimum atomic E-state index is -0.680. The Hall–Kier alpha value is -1.32. The van der Waals surface area contributed by atoms with Gasteiger partial charge in [0.1, 0.15) is 6.10 Å². The van der Waals surface area contributed by atoms with E-state index in [1.54, 1.807) is 0 Å². The summed E-state index contributed by atoms with van der Waals surface area (Å²) in [5.74, 6) is -0.671. The van der Waals surface area contributed by atoms with Crippen molar-refractivity contribution in [2.75, 3.05) is 0 Å². The average Bonchev–Trinajstić information content (AvgIpc) is 2.93. The van der Waals surface area contributed by atoms with E-state index < -0.39 is 5.97 Å². The molecule has 0 aliphatic heterocycles. The first-order chi connectivity index (χ1) is 19.6. The van der Waals surface area contributed by atoms with Gasteiger partial charge in [0.2, 0.25) is 0 Å². The second-order valence-electron chi connectivity index (χ2n) is 12.1. The van der Waals surface area contributed by atoms with Crippen LogP contribution in [0.4, 0.5) is 0 Å². The highest BCUT2D eigenvalue weighted by molar-refractivity contribution is 5.69. The quantitative estimate of drug-likeness (QED) is 0.0501. The van der Waals surface area contributed by atoms with Gasteiger partial charge in [-0.25, -0.2) is 0 Å². The van der Waals surface area contributed by atoms with Crippen molar-refractivity contribution >= 4 is 11.9 Å². The Balaban J connectivity index is 3.54. The first-order valence-corrected chi connectivity index (χ1v) is 17.7. The van der Waals surface area contributed by atoms with Crippen LogP contribution in [-0.4, -0.2) is 23.1 Å². The summed E-state index contributed by atoms with van der Waals surface area (Å²) < 4.78 is 5.83. The molecule has 0 radical (unpaired) electrons. The highest BCUT2D eigenvalue weighted by Gasteiger charge is 2.13. The molecule has 0 fully saturated rings. The van der Waals surface area contributed by atoms with E-state index in [1.807, 2.05) is 0 Å². The summed E-state index contributed by atoms with van der Waals surface area (Å²) in [6.07, 6.45) is 38.5. The third kappa shape index (κ3) is 31.2. The van der Waals surface area contributed by atoms with Gasteiger partial charge < -0.3 is 9.84 Å². The van der Waals surface area contributed by atoms with Crippen LogP contribution in [0.25, 0.3) is 0 Å². The molecule has 0 aromatic carbocycles. The van der Waals surface area contributed by atoms with Gasteiger partial charge in [0.05, 0.1) is 0 Å². The van der Waals surface area contributed by atoms with E-state index in [0.717, 1.165) is 57.8 Å². The summed E-state index contributed by atoms with van der Waals surface area (Å²) in [7, 11) is 0. The Bertz CT molecular complexity index is 571. The van der Waals surface area contributed by atoms with Crippen LogP contribution < -0.4 is 0 Å². The zero-order chi connectivity index (χ0) is 29.4. The van der Waals surface area contributed by atoms with Gasteiger partial charge in [-0.3, -0.25) is 9.59 Å². The van der Waals surface area contributed by atoms with Crippen molar-refractivity contribution in [2.24, 2.45) is 0 Å². The molecule has 0 saturated heterocycles. The van der Waals surface area contributed by atoms with Gasteiger partial charge in [0, 0.05) is 12.8 Å². The average molecular weight is 565 g/mol. The van der Waals surface area contributed by atoms with E-state index in [9.17, 15) is 9.59 Å². The van der Waals surface area contributed by atoms with Gasteiger partial charge in [-0.2, -0.15) is 0 Å². The standard InChI is InChI=1S/C36H68O4/c1-3-5-6-7-8-9-10-11-12-13-14-15-16-20-23-26-29-33-36(39)40-34(30-4-2)31-27-24-21-18-17-19-22-25-28-32-35(37)38/h11-12,34H,3-10,13-33H2,1-2H3,(H,37,38)/b12-11-. The maximum atomic E-state index is 12.3. The van der Waals surface area contributed by atoms with Crippen molar-refractivity contribution in [1.29, 1.82) is 0 Å². The fourth-order valence-corrected chi connectivity index (χ4v) is 5.41.